The number of piperazine rings is 1. The lowest BCUT2D eigenvalue weighted by molar-refractivity contribution is -0.383. The molecular formula is C25H28N6O3. The van der Waals surface area contributed by atoms with Crippen LogP contribution in [0.5, 0.6) is 0 Å². The van der Waals surface area contributed by atoms with Crippen LogP contribution in [0.2, 0.25) is 0 Å². The molecule has 0 spiro atoms. The zero-order valence-electron chi connectivity index (χ0n) is 19.0. The monoisotopic (exact) mass is 460 g/mol. The minimum absolute atomic E-state index is 0.0134. The largest absolute Gasteiger partial charge is 0.378 e. The Morgan fingerprint density at radius 1 is 0.765 bits per heavy atom. The molecule has 2 saturated heterocycles. The molecule has 34 heavy (non-hydrogen) atoms. The van der Waals surface area contributed by atoms with Crippen LogP contribution in [0.25, 0.3) is 0 Å². The highest BCUT2D eigenvalue weighted by molar-refractivity contribution is 5.71. The molecule has 0 unspecified atom stereocenters. The van der Waals surface area contributed by atoms with E-state index in [-0.39, 0.29) is 16.7 Å². The summed E-state index contributed by atoms with van der Waals surface area (Å²) >= 11 is 0. The van der Waals surface area contributed by atoms with Crippen molar-refractivity contribution in [2.24, 2.45) is 0 Å². The molecule has 0 bridgehead atoms. The number of hydrogen-bond donors (Lipinski definition) is 0. The van der Waals surface area contributed by atoms with E-state index in [1.807, 2.05) is 21.9 Å². The van der Waals surface area contributed by atoms with E-state index in [1.165, 1.54) is 17.5 Å². The van der Waals surface area contributed by atoms with Crippen molar-refractivity contribution in [2.75, 3.05) is 62.3 Å². The predicted octanol–water partition coefficient (Wildman–Crippen LogP) is 3.13. The zero-order valence-corrected chi connectivity index (χ0v) is 19.0. The van der Waals surface area contributed by atoms with Gasteiger partial charge in [0, 0.05) is 39.3 Å². The maximum atomic E-state index is 12.1. The number of nitrogens with zero attached hydrogens (tertiary/aromatic N) is 6. The molecule has 176 valence electrons. The van der Waals surface area contributed by atoms with Crippen LogP contribution < -0.4 is 9.80 Å². The summed E-state index contributed by atoms with van der Waals surface area (Å²) in [4.78, 5) is 26.8. The highest BCUT2D eigenvalue weighted by Crippen LogP contribution is 2.36. The molecule has 2 aliphatic heterocycles. The molecule has 0 N–H and O–H groups in total. The molecule has 9 heteroatoms. The van der Waals surface area contributed by atoms with Crippen molar-refractivity contribution < 1.29 is 9.66 Å². The first-order chi connectivity index (χ1) is 16.7. The summed E-state index contributed by atoms with van der Waals surface area (Å²) in [6.07, 6.45) is 1.44. The van der Waals surface area contributed by atoms with Gasteiger partial charge in [0.05, 0.1) is 24.2 Å². The van der Waals surface area contributed by atoms with Gasteiger partial charge in [0.1, 0.15) is 6.33 Å². The van der Waals surface area contributed by atoms with Gasteiger partial charge in [-0.1, -0.05) is 60.7 Å². The molecule has 1 aromatic heterocycles. The lowest BCUT2D eigenvalue weighted by Crippen LogP contribution is -2.48. The standard InChI is InChI=1S/C25H28N6O3/c32-31(33)23-24(26-19-27-25(23)30-15-17-34-18-16-30)29-13-11-28(12-14-29)22(20-7-3-1-4-8-20)21-9-5-2-6-10-21/h1-10,19,22H,11-18H2. The molecule has 0 radical (unpaired) electrons. The third-order valence-electron chi connectivity index (χ3n) is 6.49. The SMILES string of the molecule is O=[N+]([O-])c1c(N2CCOCC2)ncnc1N1CCN(C(c2ccccc2)c2ccccc2)CC1. The first-order valence-corrected chi connectivity index (χ1v) is 11.6. The van der Waals surface area contributed by atoms with Crippen molar-refractivity contribution in [3.63, 3.8) is 0 Å². The second kappa shape index (κ2) is 10.1. The fourth-order valence-corrected chi connectivity index (χ4v) is 4.84. The second-order valence-corrected chi connectivity index (χ2v) is 8.47. The maximum absolute atomic E-state index is 12.1. The van der Waals surface area contributed by atoms with Gasteiger partial charge in [-0.25, -0.2) is 9.97 Å². The van der Waals surface area contributed by atoms with Crippen LogP contribution in [0.4, 0.5) is 17.3 Å². The van der Waals surface area contributed by atoms with Crippen molar-refractivity contribution >= 4 is 17.3 Å². The zero-order chi connectivity index (χ0) is 23.3. The third kappa shape index (κ3) is 4.57. The van der Waals surface area contributed by atoms with Crippen LogP contribution in [0.3, 0.4) is 0 Å². The quantitative estimate of drug-likeness (QED) is 0.410. The van der Waals surface area contributed by atoms with E-state index >= 15 is 0 Å². The Hall–Kier alpha value is -3.56. The molecule has 0 amide bonds. The number of rotatable bonds is 6. The van der Waals surface area contributed by atoms with E-state index < -0.39 is 0 Å². The van der Waals surface area contributed by atoms with E-state index in [2.05, 4.69) is 63.4 Å². The summed E-state index contributed by atoms with van der Waals surface area (Å²) in [6, 6.07) is 21.1. The molecule has 5 rings (SSSR count). The van der Waals surface area contributed by atoms with Gasteiger partial charge in [-0.05, 0) is 11.1 Å². The molecule has 0 atom stereocenters. The molecule has 2 fully saturated rings. The molecule has 9 nitrogen and oxygen atoms in total. The number of morpholine rings is 1. The lowest BCUT2D eigenvalue weighted by atomic mass is 9.96. The first-order valence-electron chi connectivity index (χ1n) is 11.6. The summed E-state index contributed by atoms with van der Waals surface area (Å²) in [6.45, 7) is 5.07. The van der Waals surface area contributed by atoms with Gasteiger partial charge in [-0.3, -0.25) is 15.0 Å². The Kier molecular flexibility index (Phi) is 6.64. The first kappa shape index (κ1) is 22.2. The van der Waals surface area contributed by atoms with Crippen molar-refractivity contribution in [2.45, 2.75) is 6.04 Å². The van der Waals surface area contributed by atoms with E-state index in [0.29, 0.717) is 51.0 Å². The van der Waals surface area contributed by atoms with Crippen LogP contribution in [0, 0.1) is 10.1 Å². The van der Waals surface area contributed by atoms with Gasteiger partial charge in [0.25, 0.3) is 0 Å². The van der Waals surface area contributed by atoms with Gasteiger partial charge in [-0.2, -0.15) is 0 Å². The highest BCUT2D eigenvalue weighted by atomic mass is 16.6. The summed E-state index contributed by atoms with van der Waals surface area (Å²) in [5.74, 6) is 0.782. The minimum atomic E-state index is -0.344. The Balaban J connectivity index is 1.39. The van der Waals surface area contributed by atoms with Gasteiger partial charge < -0.3 is 14.5 Å². The summed E-state index contributed by atoms with van der Waals surface area (Å²) in [5.41, 5.74) is 2.47. The second-order valence-electron chi connectivity index (χ2n) is 8.47. The number of nitro groups is 1. The molecule has 3 aromatic rings. The Bertz CT molecular complexity index is 1060. The summed E-state index contributed by atoms with van der Waals surface area (Å²) < 4.78 is 5.40. The molecule has 3 heterocycles. The van der Waals surface area contributed by atoms with E-state index in [9.17, 15) is 10.1 Å². The summed E-state index contributed by atoms with van der Waals surface area (Å²) in [5, 5.41) is 12.1. The van der Waals surface area contributed by atoms with Crippen LogP contribution in [0.15, 0.2) is 67.0 Å². The van der Waals surface area contributed by atoms with Crippen molar-refractivity contribution in [3.05, 3.63) is 88.2 Å². The van der Waals surface area contributed by atoms with E-state index in [4.69, 9.17) is 4.74 Å². The fourth-order valence-electron chi connectivity index (χ4n) is 4.84. The number of hydrogen-bond acceptors (Lipinski definition) is 8. The minimum Gasteiger partial charge on any atom is -0.378 e. The highest BCUT2D eigenvalue weighted by Gasteiger charge is 2.33. The smallest absolute Gasteiger partial charge is 0.353 e. The van der Waals surface area contributed by atoms with Crippen LogP contribution in [0.1, 0.15) is 17.2 Å². The van der Waals surface area contributed by atoms with Gasteiger partial charge in [-0.15, -0.1) is 0 Å². The third-order valence-corrected chi connectivity index (χ3v) is 6.49. The Morgan fingerprint density at radius 3 is 1.76 bits per heavy atom. The van der Waals surface area contributed by atoms with Crippen LogP contribution in [-0.2, 0) is 4.74 Å². The molecule has 0 saturated carbocycles. The van der Waals surface area contributed by atoms with Crippen LogP contribution >= 0.6 is 0 Å². The average Bonchev–Trinajstić information content (AvgIpc) is 2.90. The lowest BCUT2D eigenvalue weighted by Gasteiger charge is -2.40. The topological polar surface area (TPSA) is 87.9 Å². The normalized spacial score (nSPS) is 17.2. The van der Waals surface area contributed by atoms with Gasteiger partial charge >= 0.3 is 5.69 Å². The molecule has 2 aliphatic rings. The van der Waals surface area contributed by atoms with Gasteiger partial charge in [0.2, 0.25) is 11.6 Å². The fraction of sp³-hybridized carbons (Fsp3) is 0.360. The number of anilines is 2. The molecular weight excluding hydrogens is 432 g/mol. The summed E-state index contributed by atoms with van der Waals surface area (Å²) in [7, 11) is 0. The maximum Gasteiger partial charge on any atom is 0.353 e. The van der Waals surface area contributed by atoms with Crippen LogP contribution in [-0.4, -0.2) is 72.3 Å². The van der Waals surface area contributed by atoms with E-state index in [0.717, 1.165) is 13.1 Å². The number of ether oxygens (including phenoxy) is 1. The van der Waals surface area contributed by atoms with E-state index in [1.54, 1.807) is 0 Å². The molecule has 0 aliphatic carbocycles. The van der Waals surface area contributed by atoms with Crippen molar-refractivity contribution in [3.8, 4) is 0 Å². The van der Waals surface area contributed by atoms with Crippen molar-refractivity contribution in [1.29, 1.82) is 0 Å². The Labute approximate surface area is 198 Å². The van der Waals surface area contributed by atoms with Gasteiger partial charge in [0.15, 0.2) is 0 Å². The average molecular weight is 461 g/mol. The number of benzene rings is 2. The van der Waals surface area contributed by atoms with Crippen molar-refractivity contribution in [1.82, 2.24) is 14.9 Å². The molecule has 2 aromatic carbocycles. The Morgan fingerprint density at radius 2 is 1.26 bits per heavy atom. The number of aromatic nitrogens is 2. The predicted molar refractivity (Wildman–Crippen MR) is 130 cm³/mol.